The Morgan fingerprint density at radius 3 is 1.37 bits per heavy atom. The van der Waals surface area contributed by atoms with Gasteiger partial charge in [0.15, 0.2) is 11.6 Å². The summed E-state index contributed by atoms with van der Waals surface area (Å²) < 4.78 is 1.08. The summed E-state index contributed by atoms with van der Waals surface area (Å²) >= 11 is 1.23. The number of ketones is 2. The second-order valence-corrected chi connectivity index (χ2v) is 11.1. The van der Waals surface area contributed by atoms with Crippen LogP contribution in [0.1, 0.15) is 84.9 Å². The van der Waals surface area contributed by atoms with Gasteiger partial charge >= 0.3 is 0 Å². The molecule has 1 aromatic heterocycles. The van der Waals surface area contributed by atoms with Crippen molar-refractivity contribution in [3.63, 3.8) is 0 Å². The van der Waals surface area contributed by atoms with Crippen LogP contribution in [0.3, 0.4) is 0 Å². The summed E-state index contributed by atoms with van der Waals surface area (Å²) in [4.78, 5) is 52.6. The van der Waals surface area contributed by atoms with Gasteiger partial charge in [-0.2, -0.15) is 0 Å². The quantitative estimate of drug-likeness (QED) is 0.409. The molecule has 2 N–H and O–H groups in total. The first-order valence-electron chi connectivity index (χ1n) is 12.3. The number of fused-ring (bicyclic) bond motifs is 2. The van der Waals surface area contributed by atoms with E-state index in [9.17, 15) is 29.4 Å². The SMILES string of the molecule is O=C(c1ccc2sc3ccc(C(=O)C4(O)CCCCC4)cc3c(=O)c(=O)c2c1)C1(O)CCCCC1. The summed E-state index contributed by atoms with van der Waals surface area (Å²) in [7, 11) is 0. The highest BCUT2D eigenvalue weighted by Gasteiger charge is 2.38. The Hall–Kier alpha value is -2.74. The van der Waals surface area contributed by atoms with Gasteiger partial charge in [-0.25, -0.2) is 0 Å². The van der Waals surface area contributed by atoms with Crippen LogP contribution in [0.5, 0.6) is 0 Å². The molecule has 2 aliphatic carbocycles. The lowest BCUT2D eigenvalue weighted by Crippen LogP contribution is -2.40. The van der Waals surface area contributed by atoms with Gasteiger partial charge in [-0.1, -0.05) is 38.5 Å². The summed E-state index contributed by atoms with van der Waals surface area (Å²) in [5, 5.41) is 22.0. The largest absolute Gasteiger partial charge is 0.382 e. The molecule has 0 unspecified atom stereocenters. The summed E-state index contributed by atoms with van der Waals surface area (Å²) in [6.07, 6.45) is 6.58. The van der Waals surface area contributed by atoms with E-state index in [1.54, 1.807) is 24.3 Å². The van der Waals surface area contributed by atoms with E-state index in [0.29, 0.717) is 35.1 Å². The maximum absolute atomic E-state index is 13.2. The number of hydrogen-bond acceptors (Lipinski definition) is 7. The van der Waals surface area contributed by atoms with Crippen molar-refractivity contribution in [1.29, 1.82) is 0 Å². The fourth-order valence-electron chi connectivity index (χ4n) is 5.50. The third kappa shape index (κ3) is 4.26. The predicted octanol–water partition coefficient (Wildman–Crippen LogP) is 4.53. The Morgan fingerprint density at radius 1 is 0.629 bits per heavy atom. The molecule has 2 saturated carbocycles. The molecular formula is C28H28O6S. The molecule has 0 spiro atoms. The third-order valence-corrected chi connectivity index (χ3v) is 8.76. The lowest BCUT2D eigenvalue weighted by molar-refractivity contribution is 0.0116. The molecule has 5 rings (SSSR count). The number of carbonyl (C=O) groups excluding carboxylic acids is 2. The second kappa shape index (κ2) is 9.04. The van der Waals surface area contributed by atoms with Crippen molar-refractivity contribution in [3.8, 4) is 0 Å². The Kier molecular flexibility index (Phi) is 6.20. The Balaban J connectivity index is 1.62. The van der Waals surface area contributed by atoms with E-state index in [4.69, 9.17) is 0 Å². The molecule has 182 valence electrons. The zero-order chi connectivity index (χ0) is 24.8. The van der Waals surface area contributed by atoms with E-state index in [0.717, 1.165) is 38.5 Å². The van der Waals surface area contributed by atoms with Gasteiger partial charge in [0.2, 0.25) is 10.9 Å². The Bertz CT molecular complexity index is 1350. The first-order valence-corrected chi connectivity index (χ1v) is 13.1. The first-order chi connectivity index (χ1) is 16.7. The summed E-state index contributed by atoms with van der Waals surface area (Å²) in [6, 6.07) is 9.31. The van der Waals surface area contributed by atoms with E-state index < -0.39 is 33.6 Å². The number of carbonyl (C=O) groups is 2. The summed E-state index contributed by atoms with van der Waals surface area (Å²) in [6.45, 7) is 0. The minimum atomic E-state index is -1.44. The van der Waals surface area contributed by atoms with Crippen LogP contribution in [0.25, 0.3) is 20.2 Å². The third-order valence-electron chi connectivity index (χ3n) is 7.61. The zero-order valence-electron chi connectivity index (χ0n) is 19.5. The molecule has 6 nitrogen and oxygen atoms in total. The van der Waals surface area contributed by atoms with E-state index in [2.05, 4.69) is 0 Å². The van der Waals surface area contributed by atoms with E-state index in [1.807, 2.05) is 0 Å². The highest BCUT2D eigenvalue weighted by atomic mass is 32.1. The lowest BCUT2D eigenvalue weighted by Gasteiger charge is -2.30. The molecule has 35 heavy (non-hydrogen) atoms. The number of rotatable bonds is 4. The molecule has 7 heteroatoms. The summed E-state index contributed by atoms with van der Waals surface area (Å²) in [5.41, 5.74) is -3.94. The maximum atomic E-state index is 13.2. The van der Waals surface area contributed by atoms with Crippen molar-refractivity contribution < 1.29 is 19.8 Å². The monoisotopic (exact) mass is 492 g/mol. The molecule has 2 aliphatic rings. The van der Waals surface area contributed by atoms with Crippen molar-refractivity contribution in [2.24, 2.45) is 0 Å². The molecular weight excluding hydrogens is 464 g/mol. The van der Waals surface area contributed by atoms with Crippen LogP contribution in [0.2, 0.25) is 0 Å². The Morgan fingerprint density at radius 2 is 1.00 bits per heavy atom. The van der Waals surface area contributed by atoms with Crippen LogP contribution < -0.4 is 10.9 Å². The number of benzene rings is 2. The van der Waals surface area contributed by atoms with Crippen LogP contribution in [0.4, 0.5) is 0 Å². The van der Waals surface area contributed by atoms with Gasteiger partial charge in [-0.15, -0.1) is 11.3 Å². The summed E-state index contributed by atoms with van der Waals surface area (Å²) in [5.74, 6) is -0.832. The van der Waals surface area contributed by atoms with Crippen molar-refractivity contribution in [2.45, 2.75) is 75.4 Å². The number of hydrogen-bond donors (Lipinski definition) is 2. The average Bonchev–Trinajstić information content (AvgIpc) is 2.98. The van der Waals surface area contributed by atoms with Gasteiger partial charge in [0.05, 0.1) is 0 Å². The zero-order valence-corrected chi connectivity index (χ0v) is 20.3. The second-order valence-electron chi connectivity index (χ2n) is 10.0. The van der Waals surface area contributed by atoms with Gasteiger partial charge in [-0.3, -0.25) is 19.2 Å². The fourth-order valence-corrected chi connectivity index (χ4v) is 6.54. The molecule has 0 saturated heterocycles. The number of aliphatic hydroxyl groups is 2. The topological polar surface area (TPSA) is 109 Å². The van der Waals surface area contributed by atoms with Crippen LogP contribution in [0.15, 0.2) is 46.0 Å². The van der Waals surface area contributed by atoms with Crippen molar-refractivity contribution >= 4 is 43.1 Å². The van der Waals surface area contributed by atoms with Crippen LogP contribution in [0, 0.1) is 0 Å². The van der Waals surface area contributed by atoms with Crippen LogP contribution in [-0.2, 0) is 0 Å². The fraction of sp³-hybridized carbons (Fsp3) is 0.429. The first kappa shape index (κ1) is 24.0. The normalized spacial score (nSPS) is 19.5. The lowest BCUT2D eigenvalue weighted by atomic mass is 9.79. The van der Waals surface area contributed by atoms with E-state index in [1.165, 1.54) is 23.5 Å². The van der Waals surface area contributed by atoms with Crippen LogP contribution in [-0.4, -0.2) is 33.0 Å². The molecule has 0 atom stereocenters. The molecule has 3 aromatic rings. The highest BCUT2D eigenvalue weighted by molar-refractivity contribution is 7.24. The van der Waals surface area contributed by atoms with Crippen LogP contribution >= 0.6 is 11.3 Å². The molecule has 0 bridgehead atoms. The van der Waals surface area contributed by atoms with Gasteiger partial charge in [0, 0.05) is 31.3 Å². The minimum Gasteiger partial charge on any atom is -0.382 e. The van der Waals surface area contributed by atoms with E-state index in [-0.39, 0.29) is 21.9 Å². The smallest absolute Gasteiger partial charge is 0.235 e. The molecule has 0 radical (unpaired) electrons. The Labute approximate surface area is 206 Å². The van der Waals surface area contributed by atoms with Gasteiger partial charge in [0.1, 0.15) is 11.2 Å². The molecule has 2 fully saturated rings. The standard InChI is InChI=1S/C28H28O6S/c29-23-19-15-17(25(31)27(33)11-3-1-4-12-27)7-9-21(19)35-22-10-8-18(16-20(22)24(23)30)26(32)28(34)13-5-2-6-14-28/h7-10,15-16,33-34H,1-6,11-14H2. The number of Topliss-reactive ketones (excluding diaryl/α,β-unsaturated/α-hetero) is 2. The average molecular weight is 493 g/mol. The molecule has 1 heterocycles. The van der Waals surface area contributed by atoms with E-state index >= 15 is 0 Å². The highest BCUT2D eigenvalue weighted by Crippen LogP contribution is 2.34. The predicted molar refractivity (Wildman–Crippen MR) is 137 cm³/mol. The molecule has 0 amide bonds. The van der Waals surface area contributed by atoms with Crippen molar-refractivity contribution in [2.75, 3.05) is 0 Å². The minimum absolute atomic E-state index is 0.125. The van der Waals surface area contributed by atoms with Crippen molar-refractivity contribution in [1.82, 2.24) is 0 Å². The van der Waals surface area contributed by atoms with Crippen molar-refractivity contribution in [3.05, 3.63) is 68.0 Å². The maximum Gasteiger partial charge on any atom is 0.235 e. The molecule has 2 aromatic carbocycles. The van der Waals surface area contributed by atoms with Gasteiger partial charge < -0.3 is 10.2 Å². The van der Waals surface area contributed by atoms with Gasteiger partial charge in [0.25, 0.3) is 0 Å². The van der Waals surface area contributed by atoms with Gasteiger partial charge in [-0.05, 0) is 62.1 Å². The molecule has 0 aliphatic heterocycles.